The number of hydrogen-bond donors (Lipinski definition) is 0. The van der Waals surface area contributed by atoms with Crippen LogP contribution in [0.5, 0.6) is 0 Å². The van der Waals surface area contributed by atoms with E-state index in [9.17, 15) is 14.0 Å². The topological polar surface area (TPSA) is 46.6 Å². The highest BCUT2D eigenvalue weighted by molar-refractivity contribution is 5.91. The standard InChI is InChI=1S/C18H22FNO3/c1-2-23-16(21)13-7-11-20(12-8-13)17(22)18(9-10-18)14-3-5-15(19)6-4-14/h3-6,13H,2,7-12H2,1H3. The Morgan fingerprint density at radius 1 is 1.22 bits per heavy atom. The number of ether oxygens (including phenoxy) is 1. The van der Waals surface area contributed by atoms with Crippen LogP contribution < -0.4 is 0 Å². The second-order valence-corrected chi connectivity index (χ2v) is 6.41. The van der Waals surface area contributed by atoms with Crippen LogP contribution in [0, 0.1) is 11.7 Å². The van der Waals surface area contributed by atoms with Gasteiger partial charge in [-0.3, -0.25) is 9.59 Å². The number of likely N-dealkylation sites (tertiary alicyclic amines) is 1. The summed E-state index contributed by atoms with van der Waals surface area (Å²) >= 11 is 0. The zero-order chi connectivity index (χ0) is 16.4. The Balaban J connectivity index is 1.63. The molecule has 2 aliphatic rings. The van der Waals surface area contributed by atoms with Crippen molar-refractivity contribution in [2.75, 3.05) is 19.7 Å². The van der Waals surface area contributed by atoms with Crippen LogP contribution in [0.25, 0.3) is 0 Å². The fourth-order valence-electron chi connectivity index (χ4n) is 3.40. The summed E-state index contributed by atoms with van der Waals surface area (Å²) in [5.41, 5.74) is 0.432. The maximum Gasteiger partial charge on any atom is 0.309 e. The normalized spacial score (nSPS) is 20.2. The van der Waals surface area contributed by atoms with Crippen molar-refractivity contribution in [3.05, 3.63) is 35.6 Å². The van der Waals surface area contributed by atoms with Crippen LogP contribution in [0.15, 0.2) is 24.3 Å². The predicted octanol–water partition coefficient (Wildman–Crippen LogP) is 2.66. The molecule has 1 aromatic rings. The number of benzene rings is 1. The summed E-state index contributed by atoms with van der Waals surface area (Å²) in [6.07, 6.45) is 2.94. The molecule has 2 fully saturated rings. The molecule has 3 rings (SSSR count). The molecule has 0 bridgehead atoms. The fourth-order valence-corrected chi connectivity index (χ4v) is 3.40. The summed E-state index contributed by atoms with van der Waals surface area (Å²) in [4.78, 5) is 26.5. The number of esters is 1. The quantitative estimate of drug-likeness (QED) is 0.802. The molecule has 4 nitrogen and oxygen atoms in total. The average molecular weight is 319 g/mol. The number of nitrogens with zero attached hydrogens (tertiary/aromatic N) is 1. The molecular formula is C18H22FNO3. The number of amides is 1. The highest BCUT2D eigenvalue weighted by atomic mass is 19.1. The lowest BCUT2D eigenvalue weighted by Gasteiger charge is -2.33. The van der Waals surface area contributed by atoms with Gasteiger partial charge < -0.3 is 9.64 Å². The number of piperidine rings is 1. The molecule has 1 aliphatic heterocycles. The van der Waals surface area contributed by atoms with Crippen LogP contribution in [0.1, 0.15) is 38.2 Å². The van der Waals surface area contributed by atoms with Gasteiger partial charge in [0.25, 0.3) is 0 Å². The second-order valence-electron chi connectivity index (χ2n) is 6.41. The highest BCUT2D eigenvalue weighted by Crippen LogP contribution is 2.50. The molecular weight excluding hydrogens is 297 g/mol. The molecule has 0 atom stereocenters. The second kappa shape index (κ2) is 6.30. The first-order valence-corrected chi connectivity index (χ1v) is 8.29. The summed E-state index contributed by atoms with van der Waals surface area (Å²) in [5.74, 6) is -0.419. The van der Waals surface area contributed by atoms with E-state index in [0.717, 1.165) is 18.4 Å². The third-order valence-corrected chi connectivity index (χ3v) is 4.96. The molecule has 124 valence electrons. The molecule has 5 heteroatoms. The van der Waals surface area contributed by atoms with Crippen molar-refractivity contribution in [1.29, 1.82) is 0 Å². The summed E-state index contributed by atoms with van der Waals surface area (Å²) < 4.78 is 18.2. The van der Waals surface area contributed by atoms with Gasteiger partial charge in [-0.15, -0.1) is 0 Å². The predicted molar refractivity (Wildman–Crippen MR) is 83.2 cm³/mol. The first kappa shape index (κ1) is 16.0. The van der Waals surface area contributed by atoms with Crippen molar-refractivity contribution in [3.63, 3.8) is 0 Å². The molecule has 1 aliphatic carbocycles. The zero-order valence-electron chi connectivity index (χ0n) is 13.4. The Hall–Kier alpha value is -1.91. The Kier molecular flexibility index (Phi) is 4.37. The third-order valence-electron chi connectivity index (χ3n) is 4.96. The third kappa shape index (κ3) is 3.09. The minimum atomic E-state index is -0.468. The number of hydrogen-bond acceptors (Lipinski definition) is 3. The molecule has 1 saturated carbocycles. The van der Waals surface area contributed by atoms with Crippen molar-refractivity contribution < 1.29 is 18.7 Å². The molecule has 0 unspecified atom stereocenters. The van der Waals surface area contributed by atoms with E-state index in [-0.39, 0.29) is 23.6 Å². The number of rotatable bonds is 4. The van der Waals surface area contributed by atoms with Gasteiger partial charge in [0.1, 0.15) is 5.82 Å². The van der Waals surface area contributed by atoms with Crippen molar-refractivity contribution in [2.45, 2.75) is 38.0 Å². The Labute approximate surface area is 135 Å². The minimum absolute atomic E-state index is 0.0972. The van der Waals surface area contributed by atoms with Gasteiger partial charge in [-0.1, -0.05) is 12.1 Å². The average Bonchev–Trinajstić information content (AvgIpc) is 3.37. The van der Waals surface area contributed by atoms with E-state index in [1.54, 1.807) is 19.1 Å². The molecule has 0 aromatic heterocycles. The smallest absolute Gasteiger partial charge is 0.309 e. The molecule has 1 aromatic carbocycles. The minimum Gasteiger partial charge on any atom is -0.466 e. The van der Waals surface area contributed by atoms with Gasteiger partial charge in [-0.2, -0.15) is 0 Å². The van der Waals surface area contributed by atoms with Gasteiger partial charge >= 0.3 is 5.97 Å². The lowest BCUT2D eigenvalue weighted by Crippen LogP contribution is -2.45. The van der Waals surface area contributed by atoms with Crippen molar-refractivity contribution >= 4 is 11.9 Å². The van der Waals surface area contributed by atoms with E-state index in [4.69, 9.17) is 4.74 Å². The van der Waals surface area contributed by atoms with Crippen molar-refractivity contribution in [2.24, 2.45) is 5.92 Å². The Morgan fingerprint density at radius 3 is 2.35 bits per heavy atom. The Morgan fingerprint density at radius 2 is 1.83 bits per heavy atom. The van der Waals surface area contributed by atoms with E-state index in [0.29, 0.717) is 32.5 Å². The largest absolute Gasteiger partial charge is 0.466 e. The molecule has 1 heterocycles. The first-order valence-electron chi connectivity index (χ1n) is 8.29. The molecule has 0 radical (unpaired) electrons. The first-order chi connectivity index (χ1) is 11.1. The Bertz CT molecular complexity index is 587. The number of halogens is 1. The summed E-state index contributed by atoms with van der Waals surface area (Å²) in [6.45, 7) is 3.37. The van der Waals surface area contributed by atoms with E-state index in [1.165, 1.54) is 12.1 Å². The molecule has 1 saturated heterocycles. The van der Waals surface area contributed by atoms with E-state index < -0.39 is 5.41 Å². The highest BCUT2D eigenvalue weighted by Gasteiger charge is 2.53. The summed E-state index contributed by atoms with van der Waals surface area (Å²) in [6, 6.07) is 6.25. The fraction of sp³-hybridized carbons (Fsp3) is 0.556. The maximum absolute atomic E-state index is 13.1. The van der Waals surface area contributed by atoms with E-state index >= 15 is 0 Å². The maximum atomic E-state index is 13.1. The zero-order valence-corrected chi connectivity index (χ0v) is 13.4. The van der Waals surface area contributed by atoms with Gasteiger partial charge in [0.05, 0.1) is 17.9 Å². The molecule has 23 heavy (non-hydrogen) atoms. The van der Waals surface area contributed by atoms with Crippen LogP contribution in [0.3, 0.4) is 0 Å². The lowest BCUT2D eigenvalue weighted by atomic mass is 9.91. The molecule has 1 amide bonds. The SMILES string of the molecule is CCOC(=O)C1CCN(C(=O)C2(c3ccc(F)cc3)CC2)CC1. The van der Waals surface area contributed by atoms with Crippen LogP contribution in [-0.2, 0) is 19.7 Å². The monoisotopic (exact) mass is 319 g/mol. The van der Waals surface area contributed by atoms with Crippen molar-refractivity contribution in [1.82, 2.24) is 4.90 Å². The number of carbonyl (C=O) groups is 2. The molecule has 0 N–H and O–H groups in total. The van der Waals surface area contributed by atoms with Crippen LogP contribution in [0.4, 0.5) is 4.39 Å². The van der Waals surface area contributed by atoms with Crippen molar-refractivity contribution in [3.8, 4) is 0 Å². The lowest BCUT2D eigenvalue weighted by molar-refractivity contribution is -0.151. The van der Waals surface area contributed by atoms with E-state index in [2.05, 4.69) is 0 Å². The molecule has 0 spiro atoms. The van der Waals surface area contributed by atoms with Gasteiger partial charge in [-0.05, 0) is 50.3 Å². The van der Waals surface area contributed by atoms with Gasteiger partial charge in [0.2, 0.25) is 5.91 Å². The summed E-state index contributed by atoms with van der Waals surface area (Å²) in [5, 5.41) is 0. The summed E-state index contributed by atoms with van der Waals surface area (Å²) in [7, 11) is 0. The number of carbonyl (C=O) groups excluding carboxylic acids is 2. The van der Waals surface area contributed by atoms with Crippen LogP contribution >= 0.6 is 0 Å². The van der Waals surface area contributed by atoms with Crippen LogP contribution in [-0.4, -0.2) is 36.5 Å². The van der Waals surface area contributed by atoms with E-state index in [1.807, 2.05) is 4.90 Å². The van der Waals surface area contributed by atoms with Crippen LogP contribution in [0.2, 0.25) is 0 Å². The van der Waals surface area contributed by atoms with Gasteiger partial charge in [0, 0.05) is 13.1 Å². The van der Waals surface area contributed by atoms with Gasteiger partial charge in [0.15, 0.2) is 0 Å². The van der Waals surface area contributed by atoms with Gasteiger partial charge in [-0.25, -0.2) is 4.39 Å².